The van der Waals surface area contributed by atoms with Gasteiger partial charge in [0.15, 0.2) is 0 Å². The van der Waals surface area contributed by atoms with Crippen LogP contribution >= 0.6 is 11.8 Å². The highest BCUT2D eigenvalue weighted by molar-refractivity contribution is 7.98. The molecule has 0 bridgehead atoms. The predicted octanol–water partition coefficient (Wildman–Crippen LogP) is 2.95. The Labute approximate surface area is 121 Å². The van der Waals surface area contributed by atoms with Gasteiger partial charge in [0.2, 0.25) is 0 Å². The summed E-state index contributed by atoms with van der Waals surface area (Å²) in [5.74, 6) is 2.96. The van der Waals surface area contributed by atoms with Crippen molar-refractivity contribution in [1.29, 1.82) is 0 Å². The maximum atomic E-state index is 4.31. The van der Waals surface area contributed by atoms with E-state index in [4.69, 9.17) is 0 Å². The van der Waals surface area contributed by atoms with Crippen molar-refractivity contribution in [3.05, 3.63) is 12.2 Å². The van der Waals surface area contributed by atoms with E-state index >= 15 is 0 Å². The van der Waals surface area contributed by atoms with E-state index in [1.807, 2.05) is 16.4 Å². The van der Waals surface area contributed by atoms with Crippen molar-refractivity contribution in [3.63, 3.8) is 0 Å². The topological polar surface area (TPSA) is 42.7 Å². The fraction of sp³-hybridized carbons (Fsp3) is 0.857. The minimum Gasteiger partial charge on any atom is -0.310 e. The maximum Gasteiger partial charge on any atom is 0.140 e. The Morgan fingerprint density at radius 2 is 2.05 bits per heavy atom. The van der Waals surface area contributed by atoms with E-state index in [0.717, 1.165) is 25.5 Å². The second kappa shape index (κ2) is 10.3. The zero-order valence-corrected chi connectivity index (χ0v) is 13.4. The summed E-state index contributed by atoms with van der Waals surface area (Å²) in [5.41, 5.74) is 0. The molecule has 1 N–H and O–H groups in total. The molecule has 0 aliphatic carbocycles. The highest BCUT2D eigenvalue weighted by Gasteiger charge is 2.05. The van der Waals surface area contributed by atoms with Crippen LogP contribution in [0.25, 0.3) is 0 Å². The standard InChI is InChI=1S/C14H28N4S/c1-13(2)11-18-14(16-12-17-18)10-15-8-6-4-5-7-9-19-3/h12-13,15H,4-11H2,1-3H3. The molecule has 1 heterocycles. The Bertz CT molecular complexity index is 325. The van der Waals surface area contributed by atoms with Crippen LogP contribution in [0.4, 0.5) is 0 Å². The number of rotatable bonds is 11. The molecule has 0 aliphatic rings. The molecule has 0 fully saturated rings. The molecular weight excluding hydrogens is 256 g/mol. The lowest BCUT2D eigenvalue weighted by atomic mass is 10.2. The largest absolute Gasteiger partial charge is 0.310 e. The number of thioether (sulfide) groups is 1. The number of hydrogen-bond acceptors (Lipinski definition) is 4. The third-order valence-electron chi connectivity index (χ3n) is 2.97. The van der Waals surface area contributed by atoms with Crippen molar-refractivity contribution in [3.8, 4) is 0 Å². The number of aromatic nitrogens is 3. The second-order valence-corrected chi connectivity index (χ2v) is 6.32. The molecule has 0 atom stereocenters. The fourth-order valence-corrected chi connectivity index (χ4v) is 2.47. The van der Waals surface area contributed by atoms with Gasteiger partial charge in [0.1, 0.15) is 12.2 Å². The van der Waals surface area contributed by atoms with Crippen LogP contribution < -0.4 is 5.32 Å². The summed E-state index contributed by atoms with van der Waals surface area (Å²) in [6.45, 7) is 7.26. The second-order valence-electron chi connectivity index (χ2n) is 5.34. The summed E-state index contributed by atoms with van der Waals surface area (Å²) >= 11 is 1.94. The minimum absolute atomic E-state index is 0.608. The number of nitrogens with zero attached hydrogens (tertiary/aromatic N) is 3. The average Bonchev–Trinajstić information content (AvgIpc) is 2.79. The van der Waals surface area contributed by atoms with E-state index in [1.54, 1.807) is 6.33 Å². The van der Waals surface area contributed by atoms with Crippen LogP contribution in [0.15, 0.2) is 6.33 Å². The quantitative estimate of drug-likeness (QED) is 0.634. The number of nitrogens with one attached hydrogen (secondary N) is 1. The van der Waals surface area contributed by atoms with Crippen LogP contribution in [0.1, 0.15) is 45.4 Å². The Balaban J connectivity index is 2.07. The van der Waals surface area contributed by atoms with Crippen LogP contribution in [0, 0.1) is 5.92 Å². The highest BCUT2D eigenvalue weighted by atomic mass is 32.2. The first-order valence-electron chi connectivity index (χ1n) is 7.30. The molecule has 1 rings (SSSR count). The van der Waals surface area contributed by atoms with Crippen LogP contribution in [-0.2, 0) is 13.1 Å². The van der Waals surface area contributed by atoms with Crippen molar-refractivity contribution in [2.24, 2.45) is 5.92 Å². The lowest BCUT2D eigenvalue weighted by Crippen LogP contribution is -2.20. The molecule has 0 aromatic carbocycles. The van der Waals surface area contributed by atoms with Crippen LogP contribution in [0.3, 0.4) is 0 Å². The summed E-state index contributed by atoms with van der Waals surface area (Å²) in [4.78, 5) is 4.31. The molecule has 110 valence electrons. The molecule has 0 saturated heterocycles. The van der Waals surface area contributed by atoms with Crippen LogP contribution in [0.5, 0.6) is 0 Å². The molecular formula is C14H28N4S. The van der Waals surface area contributed by atoms with Crippen molar-refractivity contribution < 1.29 is 0 Å². The maximum absolute atomic E-state index is 4.31. The lowest BCUT2D eigenvalue weighted by Gasteiger charge is -2.09. The molecule has 1 aromatic rings. The summed E-state index contributed by atoms with van der Waals surface area (Å²) in [6.07, 6.45) is 9.12. The summed E-state index contributed by atoms with van der Waals surface area (Å²) in [5, 5.41) is 7.73. The van der Waals surface area contributed by atoms with Gasteiger partial charge in [-0.3, -0.25) is 0 Å². The molecule has 0 aliphatic heterocycles. The van der Waals surface area contributed by atoms with Crippen LogP contribution in [-0.4, -0.2) is 33.3 Å². The summed E-state index contributed by atoms with van der Waals surface area (Å²) in [6, 6.07) is 0. The third-order valence-corrected chi connectivity index (χ3v) is 3.67. The molecule has 5 heteroatoms. The molecule has 0 radical (unpaired) electrons. The first-order valence-corrected chi connectivity index (χ1v) is 8.69. The van der Waals surface area contributed by atoms with Gasteiger partial charge in [0.25, 0.3) is 0 Å². The molecule has 0 saturated carbocycles. The normalized spacial score (nSPS) is 11.4. The zero-order chi connectivity index (χ0) is 13.9. The van der Waals surface area contributed by atoms with Gasteiger partial charge in [-0.25, -0.2) is 9.67 Å². The van der Waals surface area contributed by atoms with Crippen LogP contribution in [0.2, 0.25) is 0 Å². The van der Waals surface area contributed by atoms with E-state index in [-0.39, 0.29) is 0 Å². The van der Waals surface area contributed by atoms with E-state index in [9.17, 15) is 0 Å². The van der Waals surface area contributed by atoms with Gasteiger partial charge in [-0.2, -0.15) is 16.9 Å². The van der Waals surface area contributed by atoms with Gasteiger partial charge < -0.3 is 5.32 Å². The van der Waals surface area contributed by atoms with Gasteiger partial charge in [-0.05, 0) is 37.3 Å². The lowest BCUT2D eigenvalue weighted by molar-refractivity contribution is 0.456. The first kappa shape index (κ1) is 16.5. The van der Waals surface area contributed by atoms with Gasteiger partial charge in [0.05, 0.1) is 6.54 Å². The smallest absolute Gasteiger partial charge is 0.140 e. The van der Waals surface area contributed by atoms with Gasteiger partial charge in [-0.1, -0.05) is 26.7 Å². The Kier molecular flexibility index (Phi) is 8.91. The predicted molar refractivity (Wildman–Crippen MR) is 83.4 cm³/mol. The third kappa shape index (κ3) is 7.57. The van der Waals surface area contributed by atoms with Crippen molar-refractivity contribution in [1.82, 2.24) is 20.1 Å². The molecule has 0 unspecified atom stereocenters. The Hall–Kier alpha value is -0.550. The van der Waals surface area contributed by atoms with E-state index in [2.05, 4.69) is 35.5 Å². The van der Waals surface area contributed by atoms with Crippen molar-refractivity contribution in [2.75, 3.05) is 18.6 Å². The number of hydrogen-bond donors (Lipinski definition) is 1. The summed E-state index contributed by atoms with van der Waals surface area (Å²) in [7, 11) is 0. The molecule has 0 spiro atoms. The zero-order valence-electron chi connectivity index (χ0n) is 12.6. The Morgan fingerprint density at radius 1 is 1.26 bits per heavy atom. The highest BCUT2D eigenvalue weighted by Crippen LogP contribution is 2.04. The van der Waals surface area contributed by atoms with E-state index in [0.29, 0.717) is 5.92 Å². The monoisotopic (exact) mass is 284 g/mol. The van der Waals surface area contributed by atoms with Gasteiger partial charge >= 0.3 is 0 Å². The molecule has 4 nitrogen and oxygen atoms in total. The summed E-state index contributed by atoms with van der Waals surface area (Å²) < 4.78 is 2.01. The fourth-order valence-electron chi connectivity index (χ4n) is 1.97. The van der Waals surface area contributed by atoms with Crippen molar-refractivity contribution in [2.45, 2.75) is 52.6 Å². The van der Waals surface area contributed by atoms with E-state index < -0.39 is 0 Å². The molecule has 19 heavy (non-hydrogen) atoms. The molecule has 1 aromatic heterocycles. The van der Waals surface area contributed by atoms with Gasteiger partial charge in [0, 0.05) is 6.54 Å². The SMILES string of the molecule is CSCCCCCCNCc1ncnn1CC(C)C. The average molecular weight is 284 g/mol. The minimum atomic E-state index is 0.608. The number of unbranched alkanes of at least 4 members (excludes halogenated alkanes) is 3. The van der Waals surface area contributed by atoms with Crippen molar-refractivity contribution >= 4 is 11.8 Å². The Morgan fingerprint density at radius 3 is 2.79 bits per heavy atom. The molecule has 0 amide bonds. The van der Waals surface area contributed by atoms with Gasteiger partial charge in [-0.15, -0.1) is 0 Å². The first-order chi connectivity index (χ1) is 9.24. The van der Waals surface area contributed by atoms with E-state index in [1.165, 1.54) is 31.4 Å².